The molecule has 1 aromatic carbocycles. The fourth-order valence-corrected chi connectivity index (χ4v) is 2.82. The van der Waals surface area contributed by atoms with Gasteiger partial charge in [0.1, 0.15) is 0 Å². The molecular weight excluding hydrogens is 254 g/mol. The Kier molecular flexibility index (Phi) is 3.80. The summed E-state index contributed by atoms with van der Waals surface area (Å²) in [4.78, 5) is 6.73. The maximum atomic E-state index is 9.41. The molecule has 2 heterocycles. The van der Waals surface area contributed by atoms with Crippen molar-refractivity contribution < 1.29 is 9.63 Å². The van der Waals surface area contributed by atoms with Crippen molar-refractivity contribution in [1.29, 1.82) is 0 Å². The van der Waals surface area contributed by atoms with E-state index in [2.05, 4.69) is 22.0 Å². The van der Waals surface area contributed by atoms with Crippen LogP contribution >= 0.6 is 0 Å². The average Bonchev–Trinajstić information content (AvgIpc) is 3.16. The first-order valence-electron chi connectivity index (χ1n) is 7.05. The standard InChI is InChI=1S/C15H19N3O2/c1-11(18-9-5-8-13(18)10-19)15-16-14(17-20-15)12-6-3-2-4-7-12/h2-4,6-7,11,13,19H,5,8-10H2,1H3/t11-,13+/m1/s1. The van der Waals surface area contributed by atoms with Gasteiger partial charge in [-0.1, -0.05) is 35.5 Å². The minimum Gasteiger partial charge on any atom is -0.395 e. The van der Waals surface area contributed by atoms with Gasteiger partial charge in [-0.15, -0.1) is 0 Å². The molecule has 20 heavy (non-hydrogen) atoms. The summed E-state index contributed by atoms with van der Waals surface area (Å²) in [5.74, 6) is 1.23. The highest BCUT2D eigenvalue weighted by Crippen LogP contribution is 2.29. The molecule has 0 amide bonds. The first kappa shape index (κ1) is 13.3. The number of benzene rings is 1. The van der Waals surface area contributed by atoms with Crippen molar-refractivity contribution in [3.05, 3.63) is 36.2 Å². The molecule has 0 saturated carbocycles. The zero-order valence-electron chi connectivity index (χ0n) is 11.6. The van der Waals surface area contributed by atoms with Crippen molar-refractivity contribution in [2.24, 2.45) is 0 Å². The minimum absolute atomic E-state index is 0.0413. The van der Waals surface area contributed by atoms with Crippen LogP contribution in [0.1, 0.15) is 31.7 Å². The van der Waals surface area contributed by atoms with Gasteiger partial charge in [0.2, 0.25) is 11.7 Å². The molecule has 2 aromatic rings. The first-order chi connectivity index (χ1) is 9.79. The van der Waals surface area contributed by atoms with E-state index >= 15 is 0 Å². The normalized spacial score (nSPS) is 21.2. The van der Waals surface area contributed by atoms with E-state index < -0.39 is 0 Å². The zero-order valence-corrected chi connectivity index (χ0v) is 11.6. The molecule has 1 aromatic heterocycles. The number of nitrogens with zero attached hydrogens (tertiary/aromatic N) is 3. The molecule has 2 atom stereocenters. The third-order valence-electron chi connectivity index (χ3n) is 3.96. The molecule has 1 saturated heterocycles. The van der Waals surface area contributed by atoms with Crippen LogP contribution in [0.15, 0.2) is 34.9 Å². The number of aliphatic hydroxyl groups is 1. The van der Waals surface area contributed by atoms with Crippen molar-refractivity contribution in [2.45, 2.75) is 31.8 Å². The third kappa shape index (κ3) is 2.46. The van der Waals surface area contributed by atoms with Gasteiger partial charge in [-0.2, -0.15) is 4.98 Å². The van der Waals surface area contributed by atoms with Crippen molar-refractivity contribution in [2.75, 3.05) is 13.2 Å². The summed E-state index contributed by atoms with van der Waals surface area (Å²) < 4.78 is 5.40. The van der Waals surface area contributed by atoms with Crippen molar-refractivity contribution >= 4 is 0 Å². The Morgan fingerprint density at radius 1 is 1.40 bits per heavy atom. The third-order valence-corrected chi connectivity index (χ3v) is 3.96. The van der Waals surface area contributed by atoms with Crippen LogP contribution in [0.3, 0.4) is 0 Å². The van der Waals surface area contributed by atoms with Crippen LogP contribution in [0.2, 0.25) is 0 Å². The Morgan fingerprint density at radius 2 is 2.20 bits per heavy atom. The lowest BCUT2D eigenvalue weighted by atomic mass is 10.2. The van der Waals surface area contributed by atoms with Gasteiger partial charge in [-0.25, -0.2) is 0 Å². The van der Waals surface area contributed by atoms with Crippen LogP contribution in [0.25, 0.3) is 11.4 Å². The van der Waals surface area contributed by atoms with Crippen molar-refractivity contribution in [3.63, 3.8) is 0 Å². The van der Waals surface area contributed by atoms with Gasteiger partial charge in [0.25, 0.3) is 0 Å². The Labute approximate surface area is 118 Å². The van der Waals surface area contributed by atoms with Gasteiger partial charge in [-0.3, -0.25) is 4.90 Å². The molecule has 0 spiro atoms. The summed E-state index contributed by atoms with van der Waals surface area (Å²) in [7, 11) is 0. The van der Waals surface area contributed by atoms with Crippen LogP contribution in [-0.2, 0) is 0 Å². The topological polar surface area (TPSA) is 62.4 Å². The Balaban J connectivity index is 1.80. The number of rotatable bonds is 4. The van der Waals surface area contributed by atoms with Crippen LogP contribution in [0.5, 0.6) is 0 Å². The molecule has 1 fully saturated rings. The smallest absolute Gasteiger partial charge is 0.244 e. The second-order valence-electron chi connectivity index (χ2n) is 5.21. The van der Waals surface area contributed by atoms with E-state index in [4.69, 9.17) is 4.52 Å². The summed E-state index contributed by atoms with van der Waals surface area (Å²) in [6, 6.07) is 10.0. The molecule has 0 radical (unpaired) electrons. The summed E-state index contributed by atoms with van der Waals surface area (Å²) >= 11 is 0. The zero-order chi connectivity index (χ0) is 13.9. The van der Waals surface area contributed by atoms with E-state index in [1.54, 1.807) is 0 Å². The second-order valence-corrected chi connectivity index (χ2v) is 5.21. The highest BCUT2D eigenvalue weighted by molar-refractivity contribution is 5.53. The first-order valence-corrected chi connectivity index (χ1v) is 7.05. The molecule has 106 valence electrons. The summed E-state index contributed by atoms with van der Waals surface area (Å²) in [5.41, 5.74) is 0.954. The van der Waals surface area contributed by atoms with Gasteiger partial charge in [0.05, 0.1) is 12.6 Å². The predicted octanol–water partition coefficient (Wildman–Crippen LogP) is 2.25. The molecule has 3 rings (SSSR count). The lowest BCUT2D eigenvalue weighted by Gasteiger charge is -2.26. The number of hydrogen-bond donors (Lipinski definition) is 1. The van der Waals surface area contributed by atoms with E-state index in [1.165, 1.54) is 0 Å². The fourth-order valence-electron chi connectivity index (χ4n) is 2.82. The Morgan fingerprint density at radius 3 is 2.95 bits per heavy atom. The molecule has 5 nitrogen and oxygen atoms in total. The molecule has 1 aliphatic rings. The summed E-state index contributed by atoms with van der Waals surface area (Å²) in [6.45, 7) is 3.20. The number of aromatic nitrogens is 2. The van der Waals surface area contributed by atoms with E-state index in [9.17, 15) is 5.11 Å². The van der Waals surface area contributed by atoms with Crippen LogP contribution < -0.4 is 0 Å². The molecule has 1 N–H and O–H groups in total. The molecule has 0 unspecified atom stereocenters. The predicted molar refractivity (Wildman–Crippen MR) is 75.0 cm³/mol. The van der Waals surface area contributed by atoms with Crippen molar-refractivity contribution in [1.82, 2.24) is 15.0 Å². The van der Waals surface area contributed by atoms with E-state index in [0.29, 0.717) is 11.7 Å². The molecule has 1 aliphatic heterocycles. The fraction of sp³-hybridized carbons (Fsp3) is 0.467. The number of hydrogen-bond acceptors (Lipinski definition) is 5. The van der Waals surface area contributed by atoms with Crippen LogP contribution in [0.4, 0.5) is 0 Å². The molecule has 0 bridgehead atoms. The Bertz CT molecular complexity index is 555. The van der Waals surface area contributed by atoms with Gasteiger partial charge in [-0.05, 0) is 26.3 Å². The van der Waals surface area contributed by atoms with Crippen molar-refractivity contribution in [3.8, 4) is 11.4 Å². The van der Waals surface area contributed by atoms with Gasteiger partial charge in [0.15, 0.2) is 0 Å². The number of likely N-dealkylation sites (tertiary alicyclic amines) is 1. The quantitative estimate of drug-likeness (QED) is 0.925. The lowest BCUT2D eigenvalue weighted by Crippen LogP contribution is -2.34. The summed E-state index contributed by atoms with van der Waals surface area (Å²) in [5, 5.41) is 13.5. The maximum Gasteiger partial charge on any atom is 0.244 e. The van der Waals surface area contributed by atoms with Gasteiger partial charge >= 0.3 is 0 Å². The Hall–Kier alpha value is -1.72. The second kappa shape index (κ2) is 5.73. The highest BCUT2D eigenvalue weighted by atomic mass is 16.5. The lowest BCUT2D eigenvalue weighted by molar-refractivity contribution is 0.109. The SMILES string of the molecule is C[C@H](c1nc(-c2ccccc2)no1)N1CCC[C@H]1CO. The molecule has 5 heteroatoms. The largest absolute Gasteiger partial charge is 0.395 e. The van der Waals surface area contributed by atoms with E-state index in [-0.39, 0.29) is 18.7 Å². The molecular formula is C15H19N3O2. The monoisotopic (exact) mass is 273 g/mol. The average molecular weight is 273 g/mol. The molecule has 0 aliphatic carbocycles. The maximum absolute atomic E-state index is 9.41. The highest BCUT2D eigenvalue weighted by Gasteiger charge is 2.31. The minimum atomic E-state index is 0.0413. The number of aliphatic hydroxyl groups excluding tert-OH is 1. The van der Waals surface area contributed by atoms with E-state index in [0.717, 1.165) is 24.9 Å². The van der Waals surface area contributed by atoms with Gasteiger partial charge < -0.3 is 9.63 Å². The van der Waals surface area contributed by atoms with E-state index in [1.807, 2.05) is 30.3 Å². The van der Waals surface area contributed by atoms with Gasteiger partial charge in [0, 0.05) is 11.6 Å². The summed E-state index contributed by atoms with van der Waals surface area (Å²) in [6.07, 6.45) is 2.13. The van der Waals surface area contributed by atoms with Crippen LogP contribution in [-0.4, -0.2) is 39.3 Å². The van der Waals surface area contributed by atoms with Crippen LogP contribution in [0, 0.1) is 0 Å².